The summed E-state index contributed by atoms with van der Waals surface area (Å²) < 4.78 is 5.55. The molecule has 1 aliphatic heterocycles. The Balaban J connectivity index is 1.69. The first kappa shape index (κ1) is 19.6. The summed E-state index contributed by atoms with van der Waals surface area (Å²) in [7, 11) is 0. The van der Waals surface area contributed by atoms with Crippen LogP contribution in [0.1, 0.15) is 38.2 Å². The summed E-state index contributed by atoms with van der Waals surface area (Å²) in [5, 5.41) is 3.99. The van der Waals surface area contributed by atoms with Gasteiger partial charge >= 0.3 is 5.97 Å². The zero-order valence-corrected chi connectivity index (χ0v) is 17.2. The molecular weight excluding hydrogens is 386 g/mol. The Hall–Kier alpha value is -2.73. The highest BCUT2D eigenvalue weighted by molar-refractivity contribution is 7.08. The minimum Gasteiger partial charge on any atom is -0.442 e. The molecule has 0 N–H and O–H groups in total. The Morgan fingerprint density at radius 3 is 2.76 bits per heavy atom. The molecule has 3 aliphatic rings. The molecule has 1 aromatic heterocycles. The standard InChI is InChI=1S/C23H23NO4S/c1-3-9-24-13-18-17(11-19(24)16-8-10-29-14-16)12-20(25)23(2,21(18)26)28-22(27)15-6-4-5-7-15/h3,8,10-15H,1,4-7,9H2,2H3. The smallest absolute Gasteiger partial charge is 0.310 e. The molecule has 5 nitrogen and oxygen atoms in total. The van der Waals surface area contributed by atoms with E-state index in [2.05, 4.69) is 6.58 Å². The maximum atomic E-state index is 13.3. The molecule has 1 aromatic rings. The maximum Gasteiger partial charge on any atom is 0.310 e. The van der Waals surface area contributed by atoms with Crippen molar-refractivity contribution in [3.8, 4) is 0 Å². The number of carbonyl (C=O) groups is 3. The van der Waals surface area contributed by atoms with Crippen LogP contribution in [-0.4, -0.2) is 34.6 Å². The Morgan fingerprint density at radius 1 is 1.34 bits per heavy atom. The number of thiophene rings is 1. The fraction of sp³-hybridized carbons (Fsp3) is 0.348. The van der Waals surface area contributed by atoms with Gasteiger partial charge in [-0.15, -0.1) is 6.58 Å². The zero-order valence-electron chi connectivity index (χ0n) is 16.3. The van der Waals surface area contributed by atoms with Crippen molar-refractivity contribution in [3.05, 3.63) is 64.5 Å². The van der Waals surface area contributed by atoms with Crippen molar-refractivity contribution in [1.29, 1.82) is 0 Å². The average molecular weight is 410 g/mol. The Bertz CT molecular complexity index is 963. The second-order valence-electron chi connectivity index (χ2n) is 7.75. The third-order valence-corrected chi connectivity index (χ3v) is 6.45. The fourth-order valence-electron chi connectivity index (χ4n) is 4.06. The van der Waals surface area contributed by atoms with Crippen molar-refractivity contribution < 1.29 is 19.1 Å². The minimum atomic E-state index is -1.80. The molecule has 6 heteroatoms. The summed E-state index contributed by atoms with van der Waals surface area (Å²) in [5.41, 5.74) is 1.04. The van der Waals surface area contributed by atoms with Crippen LogP contribution in [0.4, 0.5) is 0 Å². The van der Waals surface area contributed by atoms with E-state index in [1.54, 1.807) is 23.6 Å². The van der Waals surface area contributed by atoms with Crippen LogP contribution in [0.3, 0.4) is 0 Å². The second kappa shape index (κ2) is 7.59. The summed E-state index contributed by atoms with van der Waals surface area (Å²) in [5.74, 6) is -1.63. The zero-order chi connectivity index (χ0) is 20.6. The van der Waals surface area contributed by atoms with Crippen LogP contribution in [0, 0.1) is 5.92 Å². The molecule has 1 atom stereocenters. The highest BCUT2D eigenvalue weighted by Crippen LogP contribution is 2.38. The lowest BCUT2D eigenvalue weighted by Gasteiger charge is -2.35. The summed E-state index contributed by atoms with van der Waals surface area (Å²) in [6.07, 6.45) is 10.2. The number of hydrogen-bond acceptors (Lipinski definition) is 6. The van der Waals surface area contributed by atoms with Gasteiger partial charge in [0, 0.05) is 35.0 Å². The number of fused-ring (bicyclic) bond motifs is 1. The van der Waals surface area contributed by atoms with Crippen LogP contribution in [0.2, 0.25) is 0 Å². The molecule has 150 valence electrons. The van der Waals surface area contributed by atoms with Crippen molar-refractivity contribution in [3.63, 3.8) is 0 Å². The van der Waals surface area contributed by atoms with Gasteiger partial charge in [0.15, 0.2) is 0 Å². The average Bonchev–Trinajstić information content (AvgIpc) is 3.41. The van der Waals surface area contributed by atoms with E-state index < -0.39 is 23.1 Å². The number of ether oxygens (including phenoxy) is 1. The first-order valence-electron chi connectivity index (χ1n) is 9.82. The largest absolute Gasteiger partial charge is 0.442 e. The number of rotatable bonds is 5. The van der Waals surface area contributed by atoms with Gasteiger partial charge in [-0.25, -0.2) is 0 Å². The molecule has 1 unspecified atom stereocenters. The van der Waals surface area contributed by atoms with Crippen molar-refractivity contribution in [2.75, 3.05) is 6.54 Å². The number of Topliss-reactive ketones (excluding diaryl/α,β-unsaturated/α-hetero) is 1. The lowest BCUT2D eigenvalue weighted by Crippen LogP contribution is -2.51. The van der Waals surface area contributed by atoms with Crippen molar-refractivity contribution in [2.24, 2.45) is 5.92 Å². The first-order chi connectivity index (χ1) is 13.9. The number of allylic oxidation sites excluding steroid dienone is 2. The molecule has 1 saturated carbocycles. The molecule has 1 fully saturated rings. The molecule has 0 saturated heterocycles. The molecule has 4 rings (SSSR count). The van der Waals surface area contributed by atoms with Crippen LogP contribution in [0.25, 0.3) is 5.70 Å². The van der Waals surface area contributed by atoms with E-state index in [9.17, 15) is 14.4 Å². The number of hydrogen-bond donors (Lipinski definition) is 0. The monoisotopic (exact) mass is 409 g/mol. The fourth-order valence-corrected chi connectivity index (χ4v) is 4.71. The van der Waals surface area contributed by atoms with Gasteiger partial charge in [-0.3, -0.25) is 14.4 Å². The van der Waals surface area contributed by atoms with Gasteiger partial charge in [-0.1, -0.05) is 18.9 Å². The number of carbonyl (C=O) groups excluding carboxylic acids is 3. The van der Waals surface area contributed by atoms with Crippen molar-refractivity contribution in [2.45, 2.75) is 38.2 Å². The van der Waals surface area contributed by atoms with E-state index in [-0.39, 0.29) is 5.92 Å². The number of esters is 1. The predicted octanol–water partition coefficient (Wildman–Crippen LogP) is 4.04. The normalized spacial score (nSPS) is 24.6. The van der Waals surface area contributed by atoms with E-state index in [0.717, 1.165) is 36.9 Å². The summed E-state index contributed by atoms with van der Waals surface area (Å²) >= 11 is 1.58. The quantitative estimate of drug-likeness (QED) is 0.417. The van der Waals surface area contributed by atoms with E-state index in [0.29, 0.717) is 17.7 Å². The van der Waals surface area contributed by atoms with Gasteiger partial charge in [0.05, 0.1) is 5.92 Å². The van der Waals surface area contributed by atoms with Gasteiger partial charge in [0.25, 0.3) is 0 Å². The van der Waals surface area contributed by atoms with E-state index in [1.165, 1.54) is 13.0 Å². The lowest BCUT2D eigenvalue weighted by atomic mass is 9.79. The van der Waals surface area contributed by atoms with Gasteiger partial charge < -0.3 is 9.64 Å². The lowest BCUT2D eigenvalue weighted by molar-refractivity contribution is -0.172. The molecule has 0 bridgehead atoms. The third-order valence-electron chi connectivity index (χ3n) is 5.77. The van der Waals surface area contributed by atoms with Crippen LogP contribution >= 0.6 is 11.3 Å². The maximum absolute atomic E-state index is 13.3. The van der Waals surface area contributed by atoms with Crippen LogP contribution < -0.4 is 0 Å². The van der Waals surface area contributed by atoms with Crippen LogP contribution in [0.5, 0.6) is 0 Å². The molecule has 0 radical (unpaired) electrons. The molecular formula is C23H23NO4S. The second-order valence-corrected chi connectivity index (χ2v) is 8.53. The van der Waals surface area contributed by atoms with Crippen LogP contribution in [0.15, 0.2) is 59.0 Å². The summed E-state index contributed by atoms with van der Waals surface area (Å²) in [6, 6.07) is 1.99. The van der Waals surface area contributed by atoms with Gasteiger partial charge in [-0.2, -0.15) is 11.3 Å². The van der Waals surface area contributed by atoms with E-state index in [1.807, 2.05) is 27.8 Å². The first-order valence-corrected chi connectivity index (χ1v) is 10.8. The highest BCUT2D eigenvalue weighted by atomic mass is 32.1. The minimum absolute atomic E-state index is 0.222. The summed E-state index contributed by atoms with van der Waals surface area (Å²) in [6.45, 7) is 5.72. The van der Waals surface area contributed by atoms with Gasteiger partial charge in [0.1, 0.15) is 0 Å². The predicted molar refractivity (Wildman–Crippen MR) is 112 cm³/mol. The third kappa shape index (κ3) is 3.42. The van der Waals surface area contributed by atoms with Crippen molar-refractivity contribution >= 4 is 34.6 Å². The van der Waals surface area contributed by atoms with Crippen molar-refractivity contribution in [1.82, 2.24) is 4.90 Å². The van der Waals surface area contributed by atoms with E-state index in [4.69, 9.17) is 4.74 Å². The van der Waals surface area contributed by atoms with E-state index >= 15 is 0 Å². The van der Waals surface area contributed by atoms with Crippen LogP contribution in [-0.2, 0) is 19.1 Å². The Morgan fingerprint density at radius 2 is 2.10 bits per heavy atom. The molecule has 0 spiro atoms. The SMILES string of the molecule is C=CCN1C=C2C(=O)C(C)(OC(=O)C3CCCC3)C(=O)C=C2C=C1c1ccsc1. The molecule has 2 aliphatic carbocycles. The summed E-state index contributed by atoms with van der Waals surface area (Å²) in [4.78, 5) is 40.6. The Kier molecular flexibility index (Phi) is 5.13. The highest BCUT2D eigenvalue weighted by Gasteiger charge is 2.50. The molecule has 29 heavy (non-hydrogen) atoms. The molecule has 2 heterocycles. The Labute approximate surface area is 174 Å². The van der Waals surface area contributed by atoms with Gasteiger partial charge in [0.2, 0.25) is 17.2 Å². The molecule has 0 amide bonds. The van der Waals surface area contributed by atoms with Gasteiger partial charge in [-0.05, 0) is 48.9 Å². The number of ketones is 2. The molecule has 0 aromatic carbocycles. The topological polar surface area (TPSA) is 63.7 Å². The number of nitrogens with zero attached hydrogens (tertiary/aromatic N) is 1.